The molecule has 1 aliphatic rings. The first-order valence-electron chi connectivity index (χ1n) is 7.26. The fourth-order valence-corrected chi connectivity index (χ4v) is 2.97. The molecule has 1 fully saturated rings. The van der Waals surface area contributed by atoms with Gasteiger partial charge < -0.3 is 10.2 Å². The lowest BCUT2D eigenvalue weighted by Crippen LogP contribution is -2.28. The molecule has 2 nitrogen and oxygen atoms in total. The SMILES string of the molecule is CNC(CCN1CCC(C)(C)C1)c1cccc(F)c1F. The number of nitrogens with one attached hydrogen (secondary N) is 1. The van der Waals surface area contributed by atoms with Crippen molar-refractivity contribution in [1.29, 1.82) is 0 Å². The lowest BCUT2D eigenvalue weighted by molar-refractivity contribution is 0.275. The fraction of sp³-hybridized carbons (Fsp3) is 0.625. The Morgan fingerprint density at radius 3 is 2.70 bits per heavy atom. The summed E-state index contributed by atoms with van der Waals surface area (Å²) in [6.45, 7) is 7.62. The summed E-state index contributed by atoms with van der Waals surface area (Å²) in [6, 6.07) is 4.24. The smallest absolute Gasteiger partial charge is 0.163 e. The average molecular weight is 282 g/mol. The van der Waals surface area contributed by atoms with Crippen LogP contribution in [-0.4, -0.2) is 31.6 Å². The van der Waals surface area contributed by atoms with Gasteiger partial charge in [-0.05, 0) is 44.5 Å². The molecule has 0 amide bonds. The first kappa shape index (κ1) is 15.4. The standard InChI is InChI=1S/C16H24F2N2/c1-16(2)8-10-20(11-16)9-7-14(19-3)12-5-4-6-13(17)15(12)18/h4-6,14,19H,7-11H2,1-3H3. The maximum Gasteiger partial charge on any atom is 0.163 e. The molecular formula is C16H24F2N2. The van der Waals surface area contributed by atoms with Crippen LogP contribution in [0, 0.1) is 17.0 Å². The van der Waals surface area contributed by atoms with Crippen molar-refractivity contribution in [3.63, 3.8) is 0 Å². The van der Waals surface area contributed by atoms with E-state index in [9.17, 15) is 8.78 Å². The van der Waals surface area contributed by atoms with Crippen molar-refractivity contribution >= 4 is 0 Å². The second-order valence-electron chi connectivity index (χ2n) is 6.46. The molecule has 1 saturated heterocycles. The van der Waals surface area contributed by atoms with Crippen molar-refractivity contribution in [3.8, 4) is 0 Å². The van der Waals surface area contributed by atoms with Crippen LogP contribution in [0.5, 0.6) is 0 Å². The molecule has 0 bridgehead atoms. The van der Waals surface area contributed by atoms with Crippen LogP contribution in [0.4, 0.5) is 8.78 Å². The highest BCUT2D eigenvalue weighted by atomic mass is 19.2. The zero-order valence-electron chi connectivity index (χ0n) is 12.5. The monoisotopic (exact) mass is 282 g/mol. The molecule has 0 aromatic heterocycles. The predicted molar refractivity (Wildman–Crippen MR) is 77.6 cm³/mol. The van der Waals surface area contributed by atoms with Crippen molar-refractivity contribution in [2.24, 2.45) is 5.41 Å². The molecule has 1 aromatic carbocycles. The zero-order chi connectivity index (χ0) is 14.8. The molecule has 4 heteroatoms. The number of hydrogen-bond acceptors (Lipinski definition) is 2. The average Bonchev–Trinajstić information content (AvgIpc) is 2.74. The summed E-state index contributed by atoms with van der Waals surface area (Å²) in [5.74, 6) is -1.50. The van der Waals surface area contributed by atoms with E-state index in [1.165, 1.54) is 6.42 Å². The molecule has 1 aromatic rings. The molecule has 1 aliphatic heterocycles. The zero-order valence-corrected chi connectivity index (χ0v) is 12.5. The quantitative estimate of drug-likeness (QED) is 0.891. The summed E-state index contributed by atoms with van der Waals surface area (Å²) in [6.07, 6.45) is 1.98. The number of nitrogens with zero attached hydrogens (tertiary/aromatic N) is 1. The molecule has 1 heterocycles. The van der Waals surface area contributed by atoms with Gasteiger partial charge in [-0.15, -0.1) is 0 Å². The summed E-state index contributed by atoms with van der Waals surface area (Å²) in [5, 5.41) is 3.10. The fourth-order valence-electron chi connectivity index (χ4n) is 2.97. The minimum absolute atomic E-state index is 0.144. The van der Waals surface area contributed by atoms with E-state index in [1.807, 2.05) is 0 Å². The van der Waals surface area contributed by atoms with E-state index in [2.05, 4.69) is 24.1 Å². The van der Waals surface area contributed by atoms with Crippen LogP contribution in [0.25, 0.3) is 0 Å². The van der Waals surface area contributed by atoms with Gasteiger partial charge in [0.15, 0.2) is 11.6 Å². The van der Waals surface area contributed by atoms with E-state index >= 15 is 0 Å². The van der Waals surface area contributed by atoms with Crippen molar-refractivity contribution in [2.75, 3.05) is 26.7 Å². The molecule has 20 heavy (non-hydrogen) atoms. The van der Waals surface area contributed by atoms with Crippen LogP contribution in [0.3, 0.4) is 0 Å². The lowest BCUT2D eigenvalue weighted by atomic mass is 9.93. The van der Waals surface area contributed by atoms with E-state index in [1.54, 1.807) is 19.2 Å². The number of likely N-dealkylation sites (tertiary alicyclic amines) is 1. The Balaban J connectivity index is 1.98. The van der Waals surface area contributed by atoms with Gasteiger partial charge in [0.25, 0.3) is 0 Å². The minimum atomic E-state index is -0.773. The Kier molecular flexibility index (Phi) is 4.76. The molecule has 0 radical (unpaired) electrons. The third-order valence-electron chi connectivity index (χ3n) is 4.20. The Morgan fingerprint density at radius 2 is 2.10 bits per heavy atom. The second-order valence-corrected chi connectivity index (χ2v) is 6.46. The molecule has 2 rings (SSSR count). The summed E-state index contributed by atoms with van der Waals surface area (Å²) < 4.78 is 27.1. The number of benzene rings is 1. The van der Waals surface area contributed by atoms with Gasteiger partial charge in [0.1, 0.15) is 0 Å². The van der Waals surface area contributed by atoms with Gasteiger partial charge in [-0.3, -0.25) is 0 Å². The van der Waals surface area contributed by atoms with Crippen LogP contribution in [0.15, 0.2) is 18.2 Å². The molecule has 0 saturated carbocycles. The van der Waals surface area contributed by atoms with Crippen LogP contribution < -0.4 is 5.32 Å². The lowest BCUT2D eigenvalue weighted by Gasteiger charge is -2.23. The number of hydrogen-bond donors (Lipinski definition) is 1. The van der Waals surface area contributed by atoms with Crippen molar-refractivity contribution < 1.29 is 8.78 Å². The van der Waals surface area contributed by atoms with Gasteiger partial charge in [-0.25, -0.2) is 8.78 Å². The van der Waals surface area contributed by atoms with Crippen molar-refractivity contribution in [2.45, 2.75) is 32.7 Å². The van der Waals surface area contributed by atoms with Crippen molar-refractivity contribution in [3.05, 3.63) is 35.4 Å². The van der Waals surface area contributed by atoms with E-state index in [4.69, 9.17) is 0 Å². The van der Waals surface area contributed by atoms with E-state index in [0.717, 1.165) is 32.1 Å². The summed E-state index contributed by atoms with van der Waals surface area (Å²) in [7, 11) is 1.79. The molecule has 1 atom stereocenters. The highest BCUT2D eigenvalue weighted by Crippen LogP contribution is 2.30. The van der Waals surface area contributed by atoms with Gasteiger partial charge in [0.2, 0.25) is 0 Å². The predicted octanol–water partition coefficient (Wildman–Crippen LogP) is 3.35. The van der Waals surface area contributed by atoms with Crippen LogP contribution in [0.2, 0.25) is 0 Å². The Labute approximate surface area is 120 Å². The van der Waals surface area contributed by atoms with Gasteiger partial charge in [0, 0.05) is 18.2 Å². The van der Waals surface area contributed by atoms with Crippen LogP contribution in [-0.2, 0) is 0 Å². The number of halogens is 2. The summed E-state index contributed by atoms with van der Waals surface area (Å²) in [4.78, 5) is 2.40. The van der Waals surface area contributed by atoms with E-state index in [0.29, 0.717) is 11.0 Å². The first-order valence-corrected chi connectivity index (χ1v) is 7.26. The maximum atomic E-state index is 13.8. The summed E-state index contributed by atoms with van der Waals surface area (Å²) in [5.41, 5.74) is 0.796. The Hall–Kier alpha value is -1.00. The number of rotatable bonds is 5. The van der Waals surface area contributed by atoms with Gasteiger partial charge in [0.05, 0.1) is 0 Å². The summed E-state index contributed by atoms with van der Waals surface area (Å²) >= 11 is 0. The molecular weight excluding hydrogens is 258 g/mol. The third kappa shape index (κ3) is 3.55. The van der Waals surface area contributed by atoms with Gasteiger partial charge in [-0.2, -0.15) is 0 Å². The highest BCUT2D eigenvalue weighted by Gasteiger charge is 2.29. The van der Waals surface area contributed by atoms with E-state index < -0.39 is 11.6 Å². The third-order valence-corrected chi connectivity index (χ3v) is 4.20. The normalized spacial score (nSPS) is 20.2. The minimum Gasteiger partial charge on any atom is -0.313 e. The van der Waals surface area contributed by atoms with Crippen LogP contribution >= 0.6 is 0 Å². The molecule has 0 aliphatic carbocycles. The topological polar surface area (TPSA) is 15.3 Å². The Morgan fingerprint density at radius 1 is 1.35 bits per heavy atom. The largest absolute Gasteiger partial charge is 0.313 e. The highest BCUT2D eigenvalue weighted by molar-refractivity contribution is 5.22. The second kappa shape index (κ2) is 6.19. The molecule has 1 N–H and O–H groups in total. The van der Waals surface area contributed by atoms with Crippen LogP contribution in [0.1, 0.15) is 38.3 Å². The molecule has 112 valence electrons. The molecule has 1 unspecified atom stereocenters. The van der Waals surface area contributed by atoms with Crippen molar-refractivity contribution in [1.82, 2.24) is 10.2 Å². The van der Waals surface area contributed by atoms with E-state index in [-0.39, 0.29) is 6.04 Å². The Bertz CT molecular complexity index is 460. The first-order chi connectivity index (χ1) is 9.43. The maximum absolute atomic E-state index is 13.8. The van der Waals surface area contributed by atoms with Gasteiger partial charge in [-0.1, -0.05) is 26.0 Å². The molecule has 0 spiro atoms. The van der Waals surface area contributed by atoms with Gasteiger partial charge >= 0.3 is 0 Å².